The van der Waals surface area contributed by atoms with Crippen LogP contribution in [0, 0.1) is 0 Å². The molecule has 0 amide bonds. The van der Waals surface area contributed by atoms with Crippen molar-refractivity contribution in [1.29, 1.82) is 0 Å². The Hall–Kier alpha value is -1.39. The highest BCUT2D eigenvalue weighted by Gasteiger charge is 2.16. The fraction of sp³-hybridized carbons (Fsp3) is 0.333. The summed E-state index contributed by atoms with van der Waals surface area (Å²) >= 11 is 0. The molecule has 2 N–H and O–H groups in total. The average molecular weight is 258 g/mol. The van der Waals surface area contributed by atoms with E-state index in [1.54, 1.807) is 0 Å². The number of nitrogens with two attached hydrogens (primary N) is 1. The number of hydrogen-bond acceptors (Lipinski definition) is 4. The highest BCUT2D eigenvalue weighted by atomic mass is 35.5. The van der Waals surface area contributed by atoms with Gasteiger partial charge in [0.05, 0.1) is 0 Å². The van der Waals surface area contributed by atoms with E-state index >= 15 is 0 Å². The average Bonchev–Trinajstić information content (AvgIpc) is 2.26. The number of carbonyl (C=O) groups excluding carboxylic acids is 2. The van der Waals surface area contributed by atoms with E-state index in [2.05, 4.69) is 0 Å². The Balaban J connectivity index is 0.00000256. The molecule has 0 aliphatic rings. The van der Waals surface area contributed by atoms with E-state index in [-0.39, 0.29) is 31.2 Å². The van der Waals surface area contributed by atoms with Crippen LogP contribution in [0.25, 0.3) is 0 Å². The molecule has 0 radical (unpaired) electrons. The van der Waals surface area contributed by atoms with Crippen molar-refractivity contribution < 1.29 is 14.3 Å². The molecule has 0 unspecified atom stereocenters. The number of benzene rings is 1. The molecule has 0 aliphatic carbocycles. The second-order valence-corrected chi connectivity index (χ2v) is 3.61. The molecule has 1 rings (SSSR count). The lowest BCUT2D eigenvalue weighted by Gasteiger charge is -2.09. The normalized spacial score (nSPS) is 11.2. The zero-order chi connectivity index (χ0) is 12.0. The predicted molar refractivity (Wildman–Crippen MR) is 66.8 cm³/mol. The van der Waals surface area contributed by atoms with Crippen LogP contribution in [-0.4, -0.2) is 17.8 Å². The summed E-state index contributed by atoms with van der Waals surface area (Å²) < 4.78 is 4.97. The Bertz CT molecular complexity index is 367. The van der Waals surface area contributed by atoms with Gasteiger partial charge in [-0.25, -0.2) is 0 Å². The van der Waals surface area contributed by atoms with Gasteiger partial charge in [-0.1, -0.05) is 30.3 Å². The van der Waals surface area contributed by atoms with Crippen LogP contribution in [0.4, 0.5) is 0 Å². The van der Waals surface area contributed by atoms with Crippen LogP contribution in [0.5, 0.6) is 0 Å². The monoisotopic (exact) mass is 257 g/mol. The molecule has 0 aromatic heterocycles. The molecule has 0 saturated heterocycles. The second-order valence-electron chi connectivity index (χ2n) is 3.61. The van der Waals surface area contributed by atoms with Crippen LogP contribution in [0.1, 0.15) is 18.9 Å². The maximum Gasteiger partial charge on any atom is 0.323 e. The fourth-order valence-corrected chi connectivity index (χ4v) is 1.23. The SMILES string of the molecule is CC(=O)C[C@H](N)C(=O)OCc1ccccc1.Cl. The Morgan fingerprint density at radius 1 is 1.29 bits per heavy atom. The molecule has 5 heteroatoms. The smallest absolute Gasteiger partial charge is 0.323 e. The topological polar surface area (TPSA) is 69.4 Å². The lowest BCUT2D eigenvalue weighted by Crippen LogP contribution is -2.33. The number of ketones is 1. The molecule has 4 nitrogen and oxygen atoms in total. The zero-order valence-corrected chi connectivity index (χ0v) is 10.4. The van der Waals surface area contributed by atoms with Crippen molar-refractivity contribution in [2.75, 3.05) is 0 Å². The van der Waals surface area contributed by atoms with Crippen LogP contribution in [-0.2, 0) is 20.9 Å². The van der Waals surface area contributed by atoms with E-state index in [1.165, 1.54) is 6.92 Å². The highest BCUT2D eigenvalue weighted by molar-refractivity contribution is 5.85. The predicted octanol–water partition coefficient (Wildman–Crippen LogP) is 1.46. The molecule has 0 fully saturated rings. The molecular weight excluding hydrogens is 242 g/mol. The summed E-state index contributed by atoms with van der Waals surface area (Å²) in [6.07, 6.45) is 0.0215. The second kappa shape index (κ2) is 7.81. The third-order valence-corrected chi connectivity index (χ3v) is 2.03. The summed E-state index contributed by atoms with van der Waals surface area (Å²) in [6.45, 7) is 1.58. The maximum atomic E-state index is 11.4. The molecular formula is C12H16ClNO3. The minimum absolute atomic E-state index is 0. The first-order valence-corrected chi connectivity index (χ1v) is 5.05. The number of esters is 1. The van der Waals surface area contributed by atoms with Crippen LogP contribution in [0.2, 0.25) is 0 Å². The van der Waals surface area contributed by atoms with Gasteiger partial charge in [0.2, 0.25) is 0 Å². The van der Waals surface area contributed by atoms with Crippen LogP contribution in [0.3, 0.4) is 0 Å². The number of carbonyl (C=O) groups is 2. The number of hydrogen-bond donors (Lipinski definition) is 1. The molecule has 0 saturated carbocycles. The zero-order valence-electron chi connectivity index (χ0n) is 9.59. The first kappa shape index (κ1) is 15.6. The number of ether oxygens (including phenoxy) is 1. The van der Waals surface area contributed by atoms with Crippen LogP contribution < -0.4 is 5.73 Å². The van der Waals surface area contributed by atoms with Gasteiger partial charge in [-0.3, -0.25) is 9.59 Å². The van der Waals surface area contributed by atoms with E-state index in [9.17, 15) is 9.59 Å². The van der Waals surface area contributed by atoms with Gasteiger partial charge in [-0.15, -0.1) is 12.4 Å². The highest BCUT2D eigenvalue weighted by Crippen LogP contribution is 2.02. The summed E-state index contributed by atoms with van der Waals surface area (Å²) in [6, 6.07) is 8.44. The Kier molecular flexibility index (Phi) is 7.18. The van der Waals surface area contributed by atoms with Gasteiger partial charge in [0.1, 0.15) is 18.4 Å². The molecule has 94 valence electrons. The molecule has 1 aromatic carbocycles. The Morgan fingerprint density at radius 2 is 1.88 bits per heavy atom. The van der Waals surface area contributed by atoms with Gasteiger partial charge < -0.3 is 10.5 Å². The first-order chi connectivity index (χ1) is 7.59. The minimum Gasteiger partial charge on any atom is -0.460 e. The van der Waals surface area contributed by atoms with E-state index < -0.39 is 12.0 Å². The summed E-state index contributed by atoms with van der Waals surface area (Å²) in [5.41, 5.74) is 6.38. The van der Waals surface area contributed by atoms with E-state index in [0.717, 1.165) is 5.56 Å². The lowest BCUT2D eigenvalue weighted by atomic mass is 10.2. The molecule has 0 bridgehead atoms. The quantitative estimate of drug-likeness (QED) is 0.811. The molecule has 0 heterocycles. The summed E-state index contributed by atoms with van der Waals surface area (Å²) in [5.74, 6) is -0.664. The van der Waals surface area contributed by atoms with Crippen LogP contribution in [0.15, 0.2) is 30.3 Å². The largest absolute Gasteiger partial charge is 0.460 e. The van der Waals surface area contributed by atoms with E-state index in [0.29, 0.717) is 0 Å². The van der Waals surface area contributed by atoms with Crippen LogP contribution >= 0.6 is 12.4 Å². The molecule has 1 aromatic rings. The third kappa shape index (κ3) is 6.04. The standard InChI is InChI=1S/C12H15NO3.ClH/c1-9(14)7-11(13)12(15)16-8-10-5-3-2-4-6-10;/h2-6,11H,7-8,13H2,1H3;1H/t11-;/m0./s1. The van der Waals surface area contributed by atoms with Crippen molar-refractivity contribution in [3.63, 3.8) is 0 Å². The van der Waals surface area contributed by atoms with Crippen molar-refractivity contribution in [2.24, 2.45) is 5.73 Å². The summed E-state index contributed by atoms with van der Waals surface area (Å²) in [7, 11) is 0. The van der Waals surface area contributed by atoms with Crippen molar-refractivity contribution in [1.82, 2.24) is 0 Å². The van der Waals surface area contributed by atoms with Gasteiger partial charge >= 0.3 is 5.97 Å². The number of Topliss-reactive ketones (excluding diaryl/α,β-unsaturated/α-hetero) is 1. The Morgan fingerprint density at radius 3 is 2.41 bits per heavy atom. The van der Waals surface area contributed by atoms with E-state index in [1.807, 2.05) is 30.3 Å². The molecule has 0 aliphatic heterocycles. The van der Waals surface area contributed by atoms with Crippen molar-refractivity contribution in [3.8, 4) is 0 Å². The van der Waals surface area contributed by atoms with Gasteiger partial charge in [0, 0.05) is 6.42 Å². The number of rotatable bonds is 5. The molecule has 0 spiro atoms. The molecule has 1 atom stereocenters. The lowest BCUT2D eigenvalue weighted by molar-refractivity contribution is -0.147. The van der Waals surface area contributed by atoms with Gasteiger partial charge in [0.25, 0.3) is 0 Å². The molecule has 17 heavy (non-hydrogen) atoms. The van der Waals surface area contributed by atoms with Gasteiger partial charge in [-0.2, -0.15) is 0 Å². The fourth-order valence-electron chi connectivity index (χ4n) is 1.23. The van der Waals surface area contributed by atoms with Crippen molar-refractivity contribution in [2.45, 2.75) is 26.0 Å². The van der Waals surface area contributed by atoms with Gasteiger partial charge in [-0.05, 0) is 12.5 Å². The number of halogens is 1. The Labute approximate surface area is 107 Å². The minimum atomic E-state index is -0.860. The van der Waals surface area contributed by atoms with Crippen molar-refractivity contribution in [3.05, 3.63) is 35.9 Å². The van der Waals surface area contributed by atoms with Gasteiger partial charge in [0.15, 0.2) is 0 Å². The first-order valence-electron chi connectivity index (χ1n) is 5.05. The maximum absolute atomic E-state index is 11.4. The summed E-state index contributed by atoms with van der Waals surface area (Å²) in [5, 5.41) is 0. The third-order valence-electron chi connectivity index (χ3n) is 2.03. The van der Waals surface area contributed by atoms with E-state index in [4.69, 9.17) is 10.5 Å². The summed E-state index contributed by atoms with van der Waals surface area (Å²) in [4.78, 5) is 22.1. The van der Waals surface area contributed by atoms with Crippen molar-refractivity contribution >= 4 is 24.2 Å².